The minimum atomic E-state index is 0.303. The number of likely N-dealkylation sites (N-methyl/N-ethyl adjacent to an activating group) is 1. The van der Waals surface area contributed by atoms with Crippen molar-refractivity contribution in [2.75, 3.05) is 40.4 Å². The molecule has 22 heavy (non-hydrogen) atoms. The van der Waals surface area contributed by atoms with Gasteiger partial charge in [-0.15, -0.1) is 0 Å². The van der Waals surface area contributed by atoms with Crippen LogP contribution in [-0.4, -0.2) is 68.5 Å². The third-order valence-electron chi connectivity index (χ3n) is 4.52. The SMILES string of the molecule is CNCCCN(CN)C1=CCC/C=C\C2[C@H](C1)N=CCN2C. The fourth-order valence-corrected chi connectivity index (χ4v) is 3.20. The van der Waals surface area contributed by atoms with Crippen molar-refractivity contribution < 1.29 is 0 Å². The summed E-state index contributed by atoms with van der Waals surface area (Å²) in [7, 11) is 4.18. The second-order valence-corrected chi connectivity index (χ2v) is 6.14. The molecule has 2 rings (SSSR count). The van der Waals surface area contributed by atoms with Crippen molar-refractivity contribution in [1.29, 1.82) is 0 Å². The average Bonchev–Trinajstić information content (AvgIpc) is 2.62. The van der Waals surface area contributed by atoms with Crippen LogP contribution in [0.15, 0.2) is 28.9 Å². The first-order valence-electron chi connectivity index (χ1n) is 8.43. The molecule has 124 valence electrons. The standard InChI is InChI=1S/C17H31N5/c1-19-9-6-11-22(14-18)15-7-4-3-5-8-17-16(13-15)20-10-12-21(17)2/h5,7-8,10,16-17,19H,3-4,6,9,11-14,18H2,1-2H3/b8-5-,15-7?/t16-,17?/m0/s1. The Morgan fingerprint density at radius 2 is 2.32 bits per heavy atom. The van der Waals surface area contributed by atoms with Gasteiger partial charge in [0.1, 0.15) is 0 Å². The van der Waals surface area contributed by atoms with E-state index in [1.54, 1.807) is 0 Å². The maximum Gasteiger partial charge on any atom is 0.0741 e. The zero-order chi connectivity index (χ0) is 15.8. The summed E-state index contributed by atoms with van der Waals surface area (Å²) >= 11 is 0. The van der Waals surface area contributed by atoms with Gasteiger partial charge in [-0.25, -0.2) is 0 Å². The highest BCUT2D eigenvalue weighted by atomic mass is 15.2. The van der Waals surface area contributed by atoms with Crippen LogP contribution >= 0.6 is 0 Å². The summed E-state index contributed by atoms with van der Waals surface area (Å²) in [5.41, 5.74) is 7.38. The van der Waals surface area contributed by atoms with Gasteiger partial charge in [0, 0.05) is 31.4 Å². The number of nitrogens with two attached hydrogens (primary N) is 1. The van der Waals surface area contributed by atoms with Crippen molar-refractivity contribution in [2.24, 2.45) is 10.7 Å². The number of allylic oxidation sites excluding steroid dienone is 2. The number of fused-ring (bicyclic) bond motifs is 1. The van der Waals surface area contributed by atoms with Crippen LogP contribution in [0.1, 0.15) is 25.7 Å². The van der Waals surface area contributed by atoms with Crippen LogP contribution in [0.4, 0.5) is 0 Å². The molecule has 0 bridgehead atoms. The predicted octanol–water partition coefficient (Wildman–Crippen LogP) is 1.19. The number of hydrogen-bond acceptors (Lipinski definition) is 5. The number of hydrogen-bond donors (Lipinski definition) is 2. The van der Waals surface area contributed by atoms with Gasteiger partial charge in [0.15, 0.2) is 0 Å². The molecule has 3 N–H and O–H groups in total. The monoisotopic (exact) mass is 305 g/mol. The van der Waals surface area contributed by atoms with E-state index in [0.717, 1.165) is 45.3 Å². The fraction of sp³-hybridized carbons (Fsp3) is 0.706. The average molecular weight is 305 g/mol. The normalized spacial score (nSPS) is 27.3. The van der Waals surface area contributed by atoms with Crippen LogP contribution in [0.3, 0.4) is 0 Å². The molecule has 0 spiro atoms. The smallest absolute Gasteiger partial charge is 0.0741 e. The van der Waals surface area contributed by atoms with Crippen molar-refractivity contribution in [3.63, 3.8) is 0 Å². The lowest BCUT2D eigenvalue weighted by Gasteiger charge is -2.35. The molecule has 0 fully saturated rings. The third kappa shape index (κ3) is 4.66. The molecule has 1 unspecified atom stereocenters. The van der Waals surface area contributed by atoms with Crippen LogP contribution in [0.25, 0.3) is 0 Å². The molecule has 0 amide bonds. The van der Waals surface area contributed by atoms with Crippen LogP contribution in [0.2, 0.25) is 0 Å². The second kappa shape index (κ2) is 9.08. The molecule has 0 aromatic heterocycles. The van der Waals surface area contributed by atoms with Crippen molar-refractivity contribution in [2.45, 2.75) is 37.8 Å². The van der Waals surface area contributed by atoms with E-state index in [0.29, 0.717) is 18.8 Å². The minimum Gasteiger partial charge on any atom is -0.362 e. The van der Waals surface area contributed by atoms with Crippen molar-refractivity contribution in [3.8, 4) is 0 Å². The molecular weight excluding hydrogens is 274 g/mol. The summed E-state index contributed by atoms with van der Waals surface area (Å²) in [5.74, 6) is 0. The van der Waals surface area contributed by atoms with Gasteiger partial charge in [0.05, 0.1) is 18.8 Å². The van der Waals surface area contributed by atoms with E-state index in [-0.39, 0.29) is 0 Å². The molecule has 0 aromatic carbocycles. The lowest BCUT2D eigenvalue weighted by Crippen LogP contribution is -2.44. The van der Waals surface area contributed by atoms with Gasteiger partial charge in [0.2, 0.25) is 0 Å². The number of nitrogens with zero attached hydrogens (tertiary/aromatic N) is 3. The Hall–Kier alpha value is -1.17. The van der Waals surface area contributed by atoms with E-state index < -0.39 is 0 Å². The molecule has 2 aliphatic rings. The van der Waals surface area contributed by atoms with E-state index >= 15 is 0 Å². The topological polar surface area (TPSA) is 56.9 Å². The van der Waals surface area contributed by atoms with Crippen LogP contribution in [0, 0.1) is 0 Å². The first-order chi connectivity index (χ1) is 10.8. The summed E-state index contributed by atoms with van der Waals surface area (Å²) < 4.78 is 0. The fourth-order valence-electron chi connectivity index (χ4n) is 3.20. The second-order valence-electron chi connectivity index (χ2n) is 6.14. The Kier molecular flexibility index (Phi) is 7.09. The van der Waals surface area contributed by atoms with E-state index in [1.807, 2.05) is 7.05 Å². The lowest BCUT2D eigenvalue weighted by atomic mass is 9.99. The molecule has 1 aliphatic carbocycles. The highest BCUT2D eigenvalue weighted by molar-refractivity contribution is 5.61. The molecular formula is C17H31N5. The lowest BCUT2D eigenvalue weighted by molar-refractivity contribution is 0.253. The van der Waals surface area contributed by atoms with Gasteiger partial charge in [-0.05, 0) is 39.9 Å². The molecule has 5 nitrogen and oxygen atoms in total. The number of rotatable bonds is 6. The highest BCUT2D eigenvalue weighted by Gasteiger charge is 2.27. The van der Waals surface area contributed by atoms with E-state index in [1.165, 1.54) is 5.70 Å². The van der Waals surface area contributed by atoms with Gasteiger partial charge < -0.3 is 16.0 Å². The Balaban J connectivity index is 2.09. The summed E-state index contributed by atoms with van der Waals surface area (Å²) in [5, 5.41) is 3.21. The Bertz CT molecular complexity index is 415. The van der Waals surface area contributed by atoms with Crippen LogP contribution < -0.4 is 11.1 Å². The Morgan fingerprint density at radius 1 is 1.45 bits per heavy atom. The van der Waals surface area contributed by atoms with E-state index in [2.05, 4.69) is 46.6 Å². The maximum atomic E-state index is 6.01. The van der Waals surface area contributed by atoms with Gasteiger partial charge in [0.25, 0.3) is 0 Å². The summed E-state index contributed by atoms with van der Waals surface area (Å²) in [6.45, 7) is 3.55. The number of aliphatic imine (C=N–C) groups is 1. The van der Waals surface area contributed by atoms with Crippen molar-refractivity contribution in [3.05, 3.63) is 23.9 Å². The van der Waals surface area contributed by atoms with Gasteiger partial charge in [-0.1, -0.05) is 18.2 Å². The first kappa shape index (κ1) is 17.2. The maximum absolute atomic E-state index is 6.01. The molecule has 0 saturated carbocycles. The van der Waals surface area contributed by atoms with Crippen molar-refractivity contribution in [1.82, 2.24) is 15.1 Å². The van der Waals surface area contributed by atoms with Gasteiger partial charge in [-0.3, -0.25) is 9.89 Å². The van der Waals surface area contributed by atoms with Crippen molar-refractivity contribution >= 4 is 6.21 Å². The van der Waals surface area contributed by atoms with E-state index in [4.69, 9.17) is 10.7 Å². The van der Waals surface area contributed by atoms with Crippen LogP contribution in [0.5, 0.6) is 0 Å². The number of nitrogens with one attached hydrogen (secondary N) is 1. The van der Waals surface area contributed by atoms with Gasteiger partial charge in [-0.2, -0.15) is 0 Å². The Morgan fingerprint density at radius 3 is 3.09 bits per heavy atom. The summed E-state index contributed by atoms with van der Waals surface area (Å²) in [6.07, 6.45) is 13.3. The summed E-state index contributed by atoms with van der Waals surface area (Å²) in [4.78, 5) is 9.47. The highest BCUT2D eigenvalue weighted by Crippen LogP contribution is 2.23. The zero-order valence-electron chi connectivity index (χ0n) is 14.0. The van der Waals surface area contributed by atoms with Crippen LogP contribution in [-0.2, 0) is 0 Å². The molecule has 1 aliphatic heterocycles. The quantitative estimate of drug-likeness (QED) is 0.440. The minimum absolute atomic E-state index is 0.303. The Labute approximate surface area is 134 Å². The zero-order valence-corrected chi connectivity index (χ0v) is 14.0. The molecule has 0 aromatic rings. The molecule has 0 radical (unpaired) electrons. The third-order valence-corrected chi connectivity index (χ3v) is 4.52. The van der Waals surface area contributed by atoms with Gasteiger partial charge >= 0.3 is 0 Å². The summed E-state index contributed by atoms with van der Waals surface area (Å²) in [6, 6.07) is 0.709. The van der Waals surface area contributed by atoms with E-state index in [9.17, 15) is 0 Å². The molecule has 2 atom stereocenters. The molecule has 0 saturated heterocycles. The molecule has 5 heteroatoms. The predicted molar refractivity (Wildman–Crippen MR) is 94.1 cm³/mol. The largest absolute Gasteiger partial charge is 0.362 e. The first-order valence-corrected chi connectivity index (χ1v) is 8.43. The molecule has 1 heterocycles.